The Bertz CT molecular complexity index is 901. The number of piperidine rings is 1. The number of carbonyl (C=O) groups is 2. The lowest BCUT2D eigenvalue weighted by atomic mass is 10.0. The molecule has 1 saturated heterocycles. The highest BCUT2D eigenvalue weighted by Crippen LogP contribution is 2.25. The van der Waals surface area contributed by atoms with Crippen molar-refractivity contribution in [2.75, 3.05) is 23.7 Å². The Labute approximate surface area is 165 Å². The molecule has 7 nitrogen and oxygen atoms in total. The standard InChI is InChI=1S/C19H19ClFN3O4/c20-11-1-4-17(25)14(9-11)18(26)23-13-2-3-16(15(21)10-13)22-12-5-7-24(8-6-12)19(27)28/h1-4,9-10,12,22,25H,5-8H2,(H,23,26)(H,27,28). The van der Waals surface area contributed by atoms with E-state index in [-0.39, 0.29) is 28.7 Å². The minimum Gasteiger partial charge on any atom is -0.507 e. The number of benzene rings is 2. The van der Waals surface area contributed by atoms with Crippen LogP contribution in [0.25, 0.3) is 0 Å². The summed E-state index contributed by atoms with van der Waals surface area (Å²) in [5.74, 6) is -1.39. The van der Waals surface area contributed by atoms with E-state index in [2.05, 4.69) is 10.6 Å². The molecule has 1 fully saturated rings. The number of phenolic OH excluding ortho intramolecular Hbond substituents is 1. The fraction of sp³-hybridized carbons (Fsp3) is 0.263. The van der Waals surface area contributed by atoms with Crippen molar-refractivity contribution in [2.24, 2.45) is 0 Å². The van der Waals surface area contributed by atoms with Gasteiger partial charge in [0.05, 0.1) is 11.3 Å². The Morgan fingerprint density at radius 2 is 1.86 bits per heavy atom. The van der Waals surface area contributed by atoms with Crippen LogP contribution in [0.2, 0.25) is 5.02 Å². The maximum absolute atomic E-state index is 14.4. The molecule has 1 aliphatic rings. The second-order valence-corrected chi connectivity index (χ2v) is 6.93. The number of nitrogens with one attached hydrogen (secondary N) is 2. The molecule has 1 heterocycles. The average Bonchev–Trinajstić information content (AvgIpc) is 2.66. The van der Waals surface area contributed by atoms with Crippen LogP contribution in [0.15, 0.2) is 36.4 Å². The first-order chi connectivity index (χ1) is 13.3. The molecule has 0 spiro atoms. The molecule has 0 saturated carbocycles. The van der Waals surface area contributed by atoms with Gasteiger partial charge in [0.25, 0.3) is 5.91 Å². The van der Waals surface area contributed by atoms with E-state index in [1.165, 1.54) is 41.3 Å². The summed E-state index contributed by atoms with van der Waals surface area (Å²) >= 11 is 5.83. The molecule has 0 bridgehead atoms. The van der Waals surface area contributed by atoms with E-state index >= 15 is 0 Å². The van der Waals surface area contributed by atoms with E-state index in [0.29, 0.717) is 31.0 Å². The second-order valence-electron chi connectivity index (χ2n) is 6.50. The predicted octanol–water partition coefficient (Wildman–Crippen LogP) is 3.99. The van der Waals surface area contributed by atoms with E-state index in [1.807, 2.05) is 0 Å². The van der Waals surface area contributed by atoms with Crippen LogP contribution >= 0.6 is 11.6 Å². The molecule has 28 heavy (non-hydrogen) atoms. The number of anilines is 2. The number of carbonyl (C=O) groups excluding carboxylic acids is 1. The summed E-state index contributed by atoms with van der Waals surface area (Å²) in [6.45, 7) is 0.789. The minimum absolute atomic E-state index is 0.0136. The lowest BCUT2D eigenvalue weighted by Crippen LogP contribution is -2.41. The van der Waals surface area contributed by atoms with Gasteiger partial charge in [0.15, 0.2) is 0 Å². The largest absolute Gasteiger partial charge is 0.507 e. The van der Waals surface area contributed by atoms with Gasteiger partial charge in [-0.15, -0.1) is 0 Å². The van der Waals surface area contributed by atoms with Crippen LogP contribution in [0.3, 0.4) is 0 Å². The molecule has 2 aromatic rings. The van der Waals surface area contributed by atoms with Gasteiger partial charge in [-0.05, 0) is 49.2 Å². The molecule has 1 aliphatic heterocycles. The molecule has 148 valence electrons. The molecule has 0 aromatic heterocycles. The quantitative estimate of drug-likeness (QED) is 0.613. The normalized spacial score (nSPS) is 14.6. The Kier molecular flexibility index (Phi) is 5.89. The van der Waals surface area contributed by atoms with Crippen LogP contribution in [0.1, 0.15) is 23.2 Å². The van der Waals surface area contributed by atoms with Gasteiger partial charge >= 0.3 is 6.09 Å². The van der Waals surface area contributed by atoms with Crippen LogP contribution in [-0.2, 0) is 0 Å². The summed E-state index contributed by atoms with van der Waals surface area (Å²) in [4.78, 5) is 24.5. The SMILES string of the molecule is O=C(Nc1ccc(NC2CCN(C(=O)O)CC2)c(F)c1)c1cc(Cl)ccc1O. The minimum atomic E-state index is -0.949. The van der Waals surface area contributed by atoms with Gasteiger partial charge < -0.3 is 25.7 Å². The van der Waals surface area contributed by atoms with Crippen LogP contribution < -0.4 is 10.6 Å². The second kappa shape index (κ2) is 8.35. The van der Waals surface area contributed by atoms with Crippen molar-refractivity contribution in [1.29, 1.82) is 0 Å². The first-order valence-electron chi connectivity index (χ1n) is 8.67. The van der Waals surface area contributed by atoms with Crippen molar-refractivity contribution < 1.29 is 24.2 Å². The monoisotopic (exact) mass is 407 g/mol. The van der Waals surface area contributed by atoms with Gasteiger partial charge in [-0.2, -0.15) is 0 Å². The number of carboxylic acid groups (broad SMARTS) is 1. The van der Waals surface area contributed by atoms with Gasteiger partial charge in [0, 0.05) is 29.8 Å². The van der Waals surface area contributed by atoms with Crippen molar-refractivity contribution >= 4 is 35.0 Å². The number of hydrogen-bond acceptors (Lipinski definition) is 4. The highest BCUT2D eigenvalue weighted by atomic mass is 35.5. The number of halogens is 2. The van der Waals surface area contributed by atoms with Crippen molar-refractivity contribution in [3.8, 4) is 5.75 Å². The van der Waals surface area contributed by atoms with Gasteiger partial charge in [0.2, 0.25) is 0 Å². The average molecular weight is 408 g/mol. The zero-order chi connectivity index (χ0) is 20.3. The summed E-state index contributed by atoms with van der Waals surface area (Å²) in [6.07, 6.45) is 0.215. The number of amides is 2. The topological polar surface area (TPSA) is 102 Å². The Morgan fingerprint density at radius 3 is 2.50 bits per heavy atom. The number of likely N-dealkylation sites (tertiary alicyclic amines) is 1. The fourth-order valence-electron chi connectivity index (χ4n) is 3.03. The summed E-state index contributed by atoms with van der Waals surface area (Å²) in [5, 5.41) is 24.6. The third-order valence-electron chi connectivity index (χ3n) is 4.56. The molecular weight excluding hydrogens is 389 g/mol. The molecule has 3 rings (SSSR count). The van der Waals surface area contributed by atoms with Gasteiger partial charge in [0.1, 0.15) is 11.6 Å². The van der Waals surface area contributed by atoms with Gasteiger partial charge in [-0.3, -0.25) is 4.79 Å². The Balaban J connectivity index is 1.63. The number of nitrogens with zero attached hydrogens (tertiary/aromatic N) is 1. The van der Waals surface area contributed by atoms with Crippen LogP contribution in [-0.4, -0.2) is 46.2 Å². The summed E-state index contributed by atoms with van der Waals surface area (Å²) < 4.78 is 14.4. The fourth-order valence-corrected chi connectivity index (χ4v) is 3.21. The predicted molar refractivity (Wildman–Crippen MR) is 104 cm³/mol. The molecule has 2 aromatic carbocycles. The third kappa shape index (κ3) is 4.64. The van der Waals surface area contributed by atoms with E-state index in [9.17, 15) is 19.1 Å². The molecule has 0 atom stereocenters. The maximum Gasteiger partial charge on any atom is 0.407 e. The van der Waals surface area contributed by atoms with E-state index in [1.54, 1.807) is 0 Å². The number of rotatable bonds is 4. The van der Waals surface area contributed by atoms with Crippen molar-refractivity contribution in [1.82, 2.24) is 4.90 Å². The first-order valence-corrected chi connectivity index (χ1v) is 9.05. The first kappa shape index (κ1) is 19.8. The molecule has 9 heteroatoms. The molecule has 2 amide bonds. The van der Waals surface area contributed by atoms with Crippen molar-refractivity contribution in [3.63, 3.8) is 0 Å². The maximum atomic E-state index is 14.4. The molecule has 0 unspecified atom stereocenters. The molecule has 4 N–H and O–H groups in total. The number of hydrogen-bond donors (Lipinski definition) is 4. The van der Waals surface area contributed by atoms with E-state index in [0.717, 1.165) is 0 Å². The number of aromatic hydroxyl groups is 1. The highest BCUT2D eigenvalue weighted by Gasteiger charge is 2.23. The summed E-state index contributed by atoms with van der Waals surface area (Å²) in [7, 11) is 0. The van der Waals surface area contributed by atoms with Crippen molar-refractivity contribution in [2.45, 2.75) is 18.9 Å². The zero-order valence-corrected chi connectivity index (χ0v) is 15.5. The van der Waals surface area contributed by atoms with Gasteiger partial charge in [-0.25, -0.2) is 9.18 Å². The van der Waals surface area contributed by atoms with E-state index < -0.39 is 17.8 Å². The molecular formula is C19H19ClFN3O4. The Hall–Kier alpha value is -3.00. The molecule has 0 radical (unpaired) electrons. The van der Waals surface area contributed by atoms with Crippen LogP contribution in [0, 0.1) is 5.82 Å². The highest BCUT2D eigenvalue weighted by molar-refractivity contribution is 6.31. The smallest absolute Gasteiger partial charge is 0.407 e. The van der Waals surface area contributed by atoms with Crippen molar-refractivity contribution in [3.05, 3.63) is 52.8 Å². The lowest BCUT2D eigenvalue weighted by molar-refractivity contribution is 0.102. The van der Waals surface area contributed by atoms with Gasteiger partial charge in [-0.1, -0.05) is 11.6 Å². The van der Waals surface area contributed by atoms with Crippen LogP contribution in [0.5, 0.6) is 5.75 Å². The van der Waals surface area contributed by atoms with Crippen LogP contribution in [0.4, 0.5) is 20.6 Å². The summed E-state index contributed by atoms with van der Waals surface area (Å²) in [5.41, 5.74) is 0.491. The molecule has 0 aliphatic carbocycles. The third-order valence-corrected chi connectivity index (χ3v) is 4.79. The lowest BCUT2D eigenvalue weighted by Gasteiger charge is -2.31. The number of phenols is 1. The summed E-state index contributed by atoms with van der Waals surface area (Å²) in [6, 6.07) is 8.27. The zero-order valence-electron chi connectivity index (χ0n) is 14.8. The van der Waals surface area contributed by atoms with E-state index in [4.69, 9.17) is 16.7 Å². The Morgan fingerprint density at radius 1 is 1.14 bits per heavy atom.